The van der Waals surface area contributed by atoms with Gasteiger partial charge >= 0.3 is 0 Å². The van der Waals surface area contributed by atoms with Gasteiger partial charge in [0.05, 0.1) is 0 Å². The van der Waals surface area contributed by atoms with Crippen LogP contribution in [0.15, 0.2) is 91.0 Å². The van der Waals surface area contributed by atoms with Crippen molar-refractivity contribution in [2.45, 2.75) is 75.5 Å². The van der Waals surface area contributed by atoms with Crippen molar-refractivity contribution in [1.82, 2.24) is 0 Å². The van der Waals surface area contributed by atoms with Crippen LogP contribution >= 0.6 is 0 Å². The highest BCUT2D eigenvalue weighted by molar-refractivity contribution is 5.47. The molecule has 0 aliphatic heterocycles. The third kappa shape index (κ3) is 8.69. The highest BCUT2D eigenvalue weighted by atomic mass is 16.3. The molecule has 5 aromatic rings. The first kappa shape index (κ1) is 37.4. The van der Waals surface area contributed by atoms with Gasteiger partial charge in [-0.2, -0.15) is 0 Å². The second-order valence-electron chi connectivity index (χ2n) is 13.8. The quantitative estimate of drug-likeness (QED) is 0.0496. The van der Waals surface area contributed by atoms with Crippen LogP contribution in [0.1, 0.15) is 103 Å². The summed E-state index contributed by atoms with van der Waals surface area (Å²) < 4.78 is 0. The average Bonchev–Trinajstić information content (AvgIpc) is 3.11. The molecule has 10 heteroatoms. The Morgan fingerprint density at radius 3 is 0.885 bits per heavy atom. The zero-order chi connectivity index (χ0) is 37.7. The molecule has 10 nitrogen and oxygen atoms in total. The van der Waals surface area contributed by atoms with Gasteiger partial charge in [0.1, 0.15) is 0 Å². The summed E-state index contributed by atoms with van der Waals surface area (Å²) in [7, 11) is 0. The minimum Gasteiger partial charge on any atom is -0.504 e. The predicted octanol–water partition coefficient (Wildman–Crippen LogP) is 8.95. The molecule has 0 saturated heterocycles. The molecule has 10 N–H and O–H groups in total. The molecule has 0 spiro atoms. The van der Waals surface area contributed by atoms with Gasteiger partial charge in [-0.25, -0.2) is 0 Å². The molecule has 0 saturated carbocycles. The molecule has 0 heterocycles. The Morgan fingerprint density at radius 2 is 0.577 bits per heavy atom. The maximum absolute atomic E-state index is 10.6. The molecule has 5 rings (SSSR count). The summed E-state index contributed by atoms with van der Waals surface area (Å²) in [6.07, 6.45) is 2.66. The molecular formula is C42H46O10. The molecule has 52 heavy (non-hydrogen) atoms. The normalized spacial score (nSPS) is 14.3. The van der Waals surface area contributed by atoms with Crippen LogP contribution in [-0.4, -0.2) is 51.1 Å². The van der Waals surface area contributed by atoms with E-state index in [-0.39, 0.29) is 87.1 Å². The van der Waals surface area contributed by atoms with Crippen LogP contribution in [0.3, 0.4) is 0 Å². The summed E-state index contributed by atoms with van der Waals surface area (Å²) in [5.74, 6) is -3.65. The summed E-state index contributed by atoms with van der Waals surface area (Å²) in [5, 5.41) is 103. The third-order valence-corrected chi connectivity index (χ3v) is 10.3. The van der Waals surface area contributed by atoms with Crippen LogP contribution in [-0.2, 0) is 0 Å². The summed E-state index contributed by atoms with van der Waals surface area (Å²) >= 11 is 0. The Balaban J connectivity index is 1.59. The Bertz CT molecular complexity index is 2010. The van der Waals surface area contributed by atoms with Gasteiger partial charge in [-0.3, -0.25) is 0 Å². The smallest absolute Gasteiger partial charge is 0.157 e. The number of hydrogen-bond acceptors (Lipinski definition) is 10. The average molecular weight is 711 g/mol. The van der Waals surface area contributed by atoms with Crippen molar-refractivity contribution >= 4 is 0 Å². The molecule has 0 radical (unpaired) electrons. The second kappa shape index (κ2) is 16.0. The summed E-state index contributed by atoms with van der Waals surface area (Å²) in [6.45, 7) is 4.01. The first-order valence-corrected chi connectivity index (χ1v) is 17.3. The summed E-state index contributed by atoms with van der Waals surface area (Å²) in [5.41, 5.74) is 3.80. The molecule has 0 aliphatic rings. The summed E-state index contributed by atoms with van der Waals surface area (Å²) in [4.78, 5) is 0. The number of hydrogen-bond donors (Lipinski definition) is 10. The molecule has 274 valence electrons. The zero-order valence-corrected chi connectivity index (χ0v) is 29.1. The van der Waals surface area contributed by atoms with Crippen molar-refractivity contribution in [1.29, 1.82) is 0 Å². The van der Waals surface area contributed by atoms with Crippen molar-refractivity contribution in [3.8, 4) is 57.5 Å². The lowest BCUT2D eigenvalue weighted by Crippen LogP contribution is -2.15. The molecule has 0 amide bonds. The maximum Gasteiger partial charge on any atom is 0.157 e. The first-order chi connectivity index (χ1) is 24.7. The lowest BCUT2D eigenvalue weighted by Gasteiger charge is -2.31. The van der Waals surface area contributed by atoms with E-state index in [1.165, 1.54) is 54.6 Å². The highest BCUT2D eigenvalue weighted by Crippen LogP contribution is 2.47. The predicted molar refractivity (Wildman–Crippen MR) is 197 cm³/mol. The van der Waals surface area contributed by atoms with E-state index in [0.717, 1.165) is 27.8 Å². The van der Waals surface area contributed by atoms with Crippen molar-refractivity contribution in [2.24, 2.45) is 0 Å². The molecule has 5 unspecified atom stereocenters. The number of rotatable bonds is 14. The topological polar surface area (TPSA) is 202 Å². The number of benzene rings is 5. The Morgan fingerprint density at radius 1 is 0.327 bits per heavy atom. The maximum atomic E-state index is 10.6. The fraction of sp³-hybridized carbons (Fsp3) is 0.286. The SMILES string of the molecule is CCC(CC(CC(CC(CC(C)c1ccc(O)c(O)c1)c1ccc(O)c(O)c1)c1ccc(O)c(O)c1)c1ccc(O)c(O)c1)c1ccc(O)c(O)c1. The van der Waals surface area contributed by atoms with Gasteiger partial charge in [-0.05, 0) is 150 Å². The van der Waals surface area contributed by atoms with E-state index >= 15 is 0 Å². The van der Waals surface area contributed by atoms with Crippen molar-refractivity contribution in [2.75, 3.05) is 0 Å². The molecule has 0 aliphatic carbocycles. The number of phenolic OH excluding ortho intramolecular Hbond substituents is 10. The van der Waals surface area contributed by atoms with Crippen LogP contribution in [0.2, 0.25) is 0 Å². The lowest BCUT2D eigenvalue weighted by atomic mass is 9.73. The van der Waals surface area contributed by atoms with Gasteiger partial charge in [0.25, 0.3) is 0 Å². The Labute approximate surface area is 302 Å². The van der Waals surface area contributed by atoms with Crippen molar-refractivity contribution in [3.05, 3.63) is 119 Å². The van der Waals surface area contributed by atoms with E-state index in [1.807, 2.05) is 13.8 Å². The Hall–Kier alpha value is -5.90. The molecule has 5 atom stereocenters. The molecule has 0 aromatic heterocycles. The van der Waals surface area contributed by atoms with Crippen LogP contribution < -0.4 is 0 Å². The minimum atomic E-state index is -0.306. The van der Waals surface area contributed by atoms with Crippen LogP contribution in [0, 0.1) is 0 Å². The van der Waals surface area contributed by atoms with Crippen LogP contribution in [0.5, 0.6) is 57.5 Å². The molecular weight excluding hydrogens is 664 g/mol. The van der Waals surface area contributed by atoms with Crippen LogP contribution in [0.4, 0.5) is 0 Å². The van der Waals surface area contributed by atoms with E-state index in [9.17, 15) is 51.1 Å². The Kier molecular flexibility index (Phi) is 11.5. The van der Waals surface area contributed by atoms with E-state index in [0.29, 0.717) is 32.1 Å². The standard InChI is InChI=1S/C42H46O10/c1-3-24(26-5-10-34(44)39(49)19-26)15-31(28-7-12-36(46)41(51)21-28)17-32(29-8-13-37(47)42(52)22-29)16-30(27-6-11-35(45)40(50)20-27)14-23(2)25-4-9-33(43)38(48)18-25/h4-13,18-24,30-32,43-52H,3,14-17H2,1-2H3. The van der Waals surface area contributed by atoms with Gasteiger partial charge in [-0.1, -0.05) is 44.2 Å². The minimum absolute atomic E-state index is 0.0895. The van der Waals surface area contributed by atoms with Crippen molar-refractivity contribution < 1.29 is 51.1 Å². The van der Waals surface area contributed by atoms with Gasteiger partial charge in [0, 0.05) is 0 Å². The zero-order valence-electron chi connectivity index (χ0n) is 29.1. The largest absolute Gasteiger partial charge is 0.504 e. The molecule has 0 fully saturated rings. The van der Waals surface area contributed by atoms with E-state index in [2.05, 4.69) is 0 Å². The molecule has 5 aromatic carbocycles. The fourth-order valence-electron chi connectivity index (χ4n) is 7.26. The summed E-state index contributed by atoms with van der Waals surface area (Å²) in [6, 6.07) is 23.5. The van der Waals surface area contributed by atoms with E-state index in [4.69, 9.17) is 0 Å². The number of aromatic hydroxyl groups is 10. The van der Waals surface area contributed by atoms with Gasteiger partial charge < -0.3 is 51.1 Å². The van der Waals surface area contributed by atoms with Gasteiger partial charge in [0.15, 0.2) is 57.5 Å². The van der Waals surface area contributed by atoms with Crippen LogP contribution in [0.25, 0.3) is 0 Å². The first-order valence-electron chi connectivity index (χ1n) is 17.3. The second-order valence-corrected chi connectivity index (χ2v) is 13.8. The van der Waals surface area contributed by atoms with Crippen molar-refractivity contribution in [3.63, 3.8) is 0 Å². The highest BCUT2D eigenvalue weighted by Gasteiger charge is 2.29. The third-order valence-electron chi connectivity index (χ3n) is 10.3. The molecule has 0 bridgehead atoms. The van der Waals surface area contributed by atoms with Gasteiger partial charge in [-0.15, -0.1) is 0 Å². The number of phenols is 10. The van der Waals surface area contributed by atoms with E-state index in [1.54, 1.807) is 36.4 Å². The monoisotopic (exact) mass is 710 g/mol. The lowest BCUT2D eigenvalue weighted by molar-refractivity contribution is 0.384. The van der Waals surface area contributed by atoms with Gasteiger partial charge in [0.2, 0.25) is 0 Å². The fourth-order valence-corrected chi connectivity index (χ4v) is 7.26. The van der Waals surface area contributed by atoms with E-state index < -0.39 is 0 Å².